The molecule has 0 unspecified atom stereocenters. The number of nitrogens with one attached hydrogen (secondary N) is 1. The summed E-state index contributed by atoms with van der Waals surface area (Å²) in [5, 5.41) is 3.39. The molecular weight excluding hydrogens is 314 g/mol. The van der Waals surface area contributed by atoms with Gasteiger partial charge in [0.1, 0.15) is 0 Å². The smallest absolute Gasteiger partial charge is 0.239 e. The lowest BCUT2D eigenvalue weighted by Crippen LogP contribution is -2.55. The summed E-state index contributed by atoms with van der Waals surface area (Å²) in [4.78, 5) is 14.3. The van der Waals surface area contributed by atoms with E-state index < -0.39 is 10.0 Å². The Bertz CT molecular complexity index is 533. The molecule has 23 heavy (non-hydrogen) atoms. The van der Waals surface area contributed by atoms with Crippen molar-refractivity contribution in [2.75, 3.05) is 32.4 Å². The summed E-state index contributed by atoms with van der Waals surface area (Å²) >= 11 is 0. The van der Waals surface area contributed by atoms with Crippen molar-refractivity contribution in [3.8, 4) is 0 Å². The number of rotatable bonds is 7. The molecule has 1 saturated heterocycles. The molecule has 0 spiro atoms. The minimum atomic E-state index is -3.14. The van der Waals surface area contributed by atoms with E-state index in [1.807, 2.05) is 27.7 Å². The van der Waals surface area contributed by atoms with Crippen LogP contribution in [0.3, 0.4) is 0 Å². The van der Waals surface area contributed by atoms with Gasteiger partial charge in [0.05, 0.1) is 12.3 Å². The van der Waals surface area contributed by atoms with Crippen LogP contribution in [0.2, 0.25) is 0 Å². The molecule has 0 radical (unpaired) electrons. The predicted molar refractivity (Wildman–Crippen MR) is 93.7 cm³/mol. The van der Waals surface area contributed by atoms with Crippen molar-refractivity contribution in [2.45, 2.75) is 46.2 Å². The zero-order valence-electron chi connectivity index (χ0n) is 15.0. The number of hydrogen-bond acceptors (Lipinski definition) is 4. The third-order valence-electron chi connectivity index (χ3n) is 4.33. The summed E-state index contributed by atoms with van der Waals surface area (Å²) in [6, 6.07) is -0.137. The Balaban J connectivity index is 2.62. The van der Waals surface area contributed by atoms with E-state index in [2.05, 4.69) is 11.9 Å². The fourth-order valence-corrected chi connectivity index (χ4v) is 3.94. The second-order valence-corrected chi connectivity index (χ2v) is 8.67. The zero-order valence-corrected chi connectivity index (χ0v) is 15.8. The highest BCUT2D eigenvalue weighted by molar-refractivity contribution is 7.88. The van der Waals surface area contributed by atoms with Gasteiger partial charge < -0.3 is 10.2 Å². The fourth-order valence-electron chi connectivity index (χ4n) is 2.99. The fraction of sp³-hybridized carbons (Fsp3) is 0.812. The van der Waals surface area contributed by atoms with Gasteiger partial charge in [-0.1, -0.05) is 19.1 Å². The largest absolute Gasteiger partial charge is 0.338 e. The Morgan fingerprint density at radius 1 is 1.48 bits per heavy atom. The summed E-state index contributed by atoms with van der Waals surface area (Å²) in [5.74, 6) is 0.234. The van der Waals surface area contributed by atoms with Crippen LogP contribution in [0.25, 0.3) is 0 Å². The second kappa shape index (κ2) is 8.26. The first-order valence-electron chi connectivity index (χ1n) is 8.20. The number of amides is 1. The second-order valence-electron chi connectivity index (χ2n) is 6.69. The van der Waals surface area contributed by atoms with Gasteiger partial charge in [0.15, 0.2) is 0 Å². The lowest BCUT2D eigenvalue weighted by atomic mass is 9.94. The van der Waals surface area contributed by atoms with Gasteiger partial charge >= 0.3 is 0 Å². The Hall–Kier alpha value is -0.920. The molecule has 134 valence electrons. The Morgan fingerprint density at radius 2 is 2.09 bits per heavy atom. The molecule has 1 rings (SSSR count). The van der Waals surface area contributed by atoms with Crippen molar-refractivity contribution in [2.24, 2.45) is 5.92 Å². The molecule has 0 aromatic carbocycles. The molecule has 0 aromatic rings. The van der Waals surface area contributed by atoms with Gasteiger partial charge in [0, 0.05) is 32.2 Å². The average molecular weight is 346 g/mol. The van der Waals surface area contributed by atoms with E-state index in [0.29, 0.717) is 26.2 Å². The molecule has 1 aliphatic rings. The van der Waals surface area contributed by atoms with Crippen LogP contribution in [-0.2, 0) is 14.8 Å². The summed E-state index contributed by atoms with van der Waals surface area (Å²) < 4.78 is 24.8. The Morgan fingerprint density at radius 3 is 2.52 bits per heavy atom. The molecule has 1 aliphatic heterocycles. The maximum absolute atomic E-state index is 12.5. The average Bonchev–Trinajstić information content (AvgIpc) is 2.44. The molecule has 1 N–H and O–H groups in total. The molecule has 1 heterocycles. The SMILES string of the molecule is C=C(C)CN(CC)C(=O)[C@H](C)N[C@H]1CCN(S(C)(=O)=O)C[C@H]1C. The number of nitrogens with zero attached hydrogens (tertiary/aromatic N) is 2. The summed E-state index contributed by atoms with van der Waals surface area (Å²) in [7, 11) is -3.14. The zero-order chi connectivity index (χ0) is 17.8. The van der Waals surface area contributed by atoms with E-state index in [-0.39, 0.29) is 23.9 Å². The molecule has 1 fully saturated rings. The summed E-state index contributed by atoms with van der Waals surface area (Å²) in [6.07, 6.45) is 1.97. The van der Waals surface area contributed by atoms with Crippen LogP contribution in [0.4, 0.5) is 0 Å². The van der Waals surface area contributed by atoms with Gasteiger partial charge in [-0.25, -0.2) is 12.7 Å². The standard InChI is InChI=1S/C16H31N3O3S/c1-7-18(10-12(2)3)16(20)14(5)17-15-8-9-19(11-13(15)4)23(6,21)22/h13-15,17H,2,7-11H2,1,3-6H3/t13-,14+,15+/m1/s1. The maximum atomic E-state index is 12.5. The molecular formula is C16H31N3O3S. The van der Waals surface area contributed by atoms with Crippen molar-refractivity contribution < 1.29 is 13.2 Å². The van der Waals surface area contributed by atoms with Crippen LogP contribution in [0.15, 0.2) is 12.2 Å². The van der Waals surface area contributed by atoms with Gasteiger partial charge in [-0.15, -0.1) is 0 Å². The van der Waals surface area contributed by atoms with Crippen LogP contribution < -0.4 is 5.32 Å². The number of carbonyl (C=O) groups is 1. The number of carbonyl (C=O) groups excluding carboxylic acids is 1. The van der Waals surface area contributed by atoms with Gasteiger partial charge in [0.2, 0.25) is 15.9 Å². The van der Waals surface area contributed by atoms with Crippen LogP contribution in [0.1, 0.15) is 34.1 Å². The quantitative estimate of drug-likeness (QED) is 0.701. The highest BCUT2D eigenvalue weighted by atomic mass is 32.2. The van der Waals surface area contributed by atoms with E-state index in [9.17, 15) is 13.2 Å². The van der Waals surface area contributed by atoms with Crippen LogP contribution >= 0.6 is 0 Å². The topological polar surface area (TPSA) is 69.7 Å². The van der Waals surface area contributed by atoms with Gasteiger partial charge in [-0.2, -0.15) is 0 Å². The first-order chi connectivity index (χ1) is 10.6. The van der Waals surface area contributed by atoms with Gasteiger partial charge in [-0.05, 0) is 33.1 Å². The lowest BCUT2D eigenvalue weighted by molar-refractivity contribution is -0.132. The third-order valence-corrected chi connectivity index (χ3v) is 5.60. The molecule has 3 atom stereocenters. The number of likely N-dealkylation sites (N-methyl/N-ethyl adjacent to an activating group) is 1. The van der Waals surface area contributed by atoms with E-state index in [0.717, 1.165) is 12.0 Å². The first kappa shape index (κ1) is 20.1. The van der Waals surface area contributed by atoms with E-state index in [1.165, 1.54) is 10.6 Å². The van der Waals surface area contributed by atoms with Crippen molar-refractivity contribution >= 4 is 15.9 Å². The molecule has 7 heteroatoms. The molecule has 0 bridgehead atoms. The first-order valence-corrected chi connectivity index (χ1v) is 10.0. The number of piperidine rings is 1. The minimum absolute atomic E-state index is 0.0632. The van der Waals surface area contributed by atoms with Crippen LogP contribution in [-0.4, -0.2) is 68.0 Å². The number of sulfonamides is 1. The molecule has 1 amide bonds. The monoisotopic (exact) mass is 345 g/mol. The number of hydrogen-bond donors (Lipinski definition) is 1. The van der Waals surface area contributed by atoms with Crippen LogP contribution in [0.5, 0.6) is 0 Å². The summed E-state index contributed by atoms with van der Waals surface area (Å²) in [5.41, 5.74) is 0.960. The minimum Gasteiger partial charge on any atom is -0.338 e. The van der Waals surface area contributed by atoms with E-state index >= 15 is 0 Å². The third kappa shape index (κ3) is 5.90. The highest BCUT2D eigenvalue weighted by Gasteiger charge is 2.32. The van der Waals surface area contributed by atoms with Crippen molar-refractivity contribution in [1.82, 2.24) is 14.5 Å². The van der Waals surface area contributed by atoms with Crippen molar-refractivity contribution in [3.63, 3.8) is 0 Å². The van der Waals surface area contributed by atoms with Gasteiger partial charge in [-0.3, -0.25) is 4.79 Å². The maximum Gasteiger partial charge on any atom is 0.239 e. The highest BCUT2D eigenvalue weighted by Crippen LogP contribution is 2.19. The van der Waals surface area contributed by atoms with Crippen molar-refractivity contribution in [3.05, 3.63) is 12.2 Å². The van der Waals surface area contributed by atoms with Crippen LogP contribution in [0, 0.1) is 5.92 Å². The molecule has 0 aromatic heterocycles. The van der Waals surface area contributed by atoms with Gasteiger partial charge in [0.25, 0.3) is 0 Å². The molecule has 0 saturated carbocycles. The van der Waals surface area contributed by atoms with Crippen molar-refractivity contribution in [1.29, 1.82) is 0 Å². The lowest BCUT2D eigenvalue weighted by Gasteiger charge is -2.37. The Kier molecular flexibility index (Phi) is 7.23. The molecule has 6 nitrogen and oxygen atoms in total. The Labute approximate surface area is 141 Å². The normalized spacial score (nSPS) is 24.2. The predicted octanol–water partition coefficient (Wildman–Crippen LogP) is 1.06. The molecule has 0 aliphatic carbocycles. The van der Waals surface area contributed by atoms with E-state index in [1.54, 1.807) is 4.90 Å². The summed E-state index contributed by atoms with van der Waals surface area (Å²) in [6.45, 7) is 13.9. The van der Waals surface area contributed by atoms with E-state index in [4.69, 9.17) is 0 Å².